The number of aliphatic imine (C=N–C) groups is 1. The van der Waals surface area contributed by atoms with Crippen molar-refractivity contribution in [2.45, 2.75) is 16.7 Å². The Morgan fingerprint density at radius 3 is 2.55 bits per heavy atom. The number of rotatable bonds is 4. The van der Waals surface area contributed by atoms with Crippen LogP contribution in [0, 0.1) is 0 Å². The lowest BCUT2D eigenvalue weighted by molar-refractivity contribution is 0.437. The maximum absolute atomic E-state index is 5.00. The molecule has 4 heteroatoms. The molecule has 0 aromatic heterocycles. The van der Waals surface area contributed by atoms with E-state index < -0.39 is 0 Å². The summed E-state index contributed by atoms with van der Waals surface area (Å²) in [5, 5.41) is 3.23. The average Bonchev–Trinajstić information content (AvgIpc) is 2.72. The first-order valence-electron chi connectivity index (χ1n) is 7.68. The van der Waals surface area contributed by atoms with Crippen LogP contribution in [0.2, 0.25) is 0 Å². The molecule has 114 valence electrons. The van der Waals surface area contributed by atoms with Crippen molar-refractivity contribution in [2.24, 2.45) is 4.99 Å². The lowest BCUT2D eigenvalue weighted by Gasteiger charge is -2.25. The highest BCUT2D eigenvalue weighted by Gasteiger charge is 2.20. The molecule has 0 amide bonds. The van der Waals surface area contributed by atoms with Crippen molar-refractivity contribution in [3.63, 3.8) is 0 Å². The fourth-order valence-corrected chi connectivity index (χ4v) is 3.59. The first kappa shape index (κ1) is 15.1. The molecule has 1 N–H and O–H groups in total. The van der Waals surface area contributed by atoms with Crippen LogP contribution in [0.1, 0.15) is 12.5 Å². The van der Waals surface area contributed by atoms with E-state index in [0.717, 1.165) is 31.2 Å². The van der Waals surface area contributed by atoms with E-state index in [4.69, 9.17) is 4.99 Å². The van der Waals surface area contributed by atoms with E-state index in [2.05, 4.69) is 65.7 Å². The van der Waals surface area contributed by atoms with E-state index in [1.807, 2.05) is 7.05 Å². The smallest absolute Gasteiger partial charge is 0.137 e. The van der Waals surface area contributed by atoms with E-state index in [-0.39, 0.29) is 0 Å². The molecule has 0 saturated carbocycles. The van der Waals surface area contributed by atoms with E-state index in [1.54, 1.807) is 11.8 Å². The molecule has 1 heterocycles. The molecule has 0 aliphatic carbocycles. The van der Waals surface area contributed by atoms with E-state index >= 15 is 0 Å². The van der Waals surface area contributed by atoms with Gasteiger partial charge in [-0.3, -0.25) is 0 Å². The first-order chi connectivity index (χ1) is 10.8. The molecule has 1 aliphatic heterocycles. The summed E-state index contributed by atoms with van der Waals surface area (Å²) >= 11 is 1.80. The third kappa shape index (κ3) is 3.03. The van der Waals surface area contributed by atoms with Crippen molar-refractivity contribution in [2.75, 3.05) is 26.7 Å². The quantitative estimate of drug-likeness (QED) is 0.931. The zero-order valence-electron chi connectivity index (χ0n) is 13.0. The predicted molar refractivity (Wildman–Crippen MR) is 94.4 cm³/mol. The van der Waals surface area contributed by atoms with E-state index in [1.165, 1.54) is 15.4 Å². The summed E-state index contributed by atoms with van der Waals surface area (Å²) in [5.74, 6) is 1.07. The minimum Gasteiger partial charge on any atom is -0.355 e. The number of nitrogens with one attached hydrogen (secondary N) is 1. The van der Waals surface area contributed by atoms with Crippen molar-refractivity contribution in [3.8, 4) is 0 Å². The Balaban J connectivity index is 2.10. The number of hydrogen-bond donors (Lipinski definition) is 1. The summed E-state index contributed by atoms with van der Waals surface area (Å²) in [6, 6.07) is 16.9. The molecule has 0 fully saturated rings. The molecule has 2 aromatic carbocycles. The normalized spacial score (nSPS) is 12.9. The molecule has 3 rings (SSSR count). The van der Waals surface area contributed by atoms with Crippen molar-refractivity contribution < 1.29 is 0 Å². The summed E-state index contributed by atoms with van der Waals surface area (Å²) in [6.45, 7) is 5.03. The topological polar surface area (TPSA) is 27.6 Å². The molecule has 0 spiro atoms. The maximum atomic E-state index is 5.00. The lowest BCUT2D eigenvalue weighted by atomic mass is 10.2. The summed E-state index contributed by atoms with van der Waals surface area (Å²) < 4.78 is 0. The van der Waals surface area contributed by atoms with Crippen LogP contribution in [0.15, 0.2) is 63.3 Å². The Labute approximate surface area is 136 Å². The van der Waals surface area contributed by atoms with Gasteiger partial charge >= 0.3 is 0 Å². The molecular formula is C18H21N3S. The minimum atomic E-state index is 0.946. The molecule has 0 bridgehead atoms. The van der Waals surface area contributed by atoms with Crippen LogP contribution in [-0.2, 0) is 0 Å². The molecule has 1 aliphatic rings. The van der Waals surface area contributed by atoms with Crippen molar-refractivity contribution >= 4 is 23.3 Å². The van der Waals surface area contributed by atoms with Crippen LogP contribution >= 0.6 is 11.8 Å². The molecule has 2 aromatic rings. The van der Waals surface area contributed by atoms with Gasteiger partial charge < -0.3 is 10.2 Å². The highest BCUT2D eigenvalue weighted by Crippen LogP contribution is 2.40. The van der Waals surface area contributed by atoms with Gasteiger partial charge in [-0.05, 0) is 32.2 Å². The monoisotopic (exact) mass is 311 g/mol. The molecule has 0 unspecified atom stereocenters. The van der Waals surface area contributed by atoms with Crippen LogP contribution in [0.4, 0.5) is 5.69 Å². The molecule has 22 heavy (non-hydrogen) atoms. The number of hydrogen-bond acceptors (Lipinski definition) is 4. The number of benzene rings is 2. The number of likely N-dealkylation sites (N-methyl/N-ethyl adjacent to an activating group) is 2. The Morgan fingerprint density at radius 1 is 1.05 bits per heavy atom. The molecule has 0 atom stereocenters. The van der Waals surface area contributed by atoms with Gasteiger partial charge in [-0.1, -0.05) is 42.1 Å². The SMILES string of the molecule is CCN(CCNC)C1=Nc2ccccc2Sc2ccccc21. The average molecular weight is 311 g/mol. The number of para-hydroxylation sites is 1. The standard InChI is InChI=1S/C18H21N3S/c1-3-21(13-12-19-2)18-14-8-4-6-10-16(14)22-17-11-7-5-9-15(17)20-18/h4-11,19H,3,12-13H2,1-2H3. The predicted octanol–water partition coefficient (Wildman–Crippen LogP) is 3.77. The van der Waals surface area contributed by atoms with E-state index in [9.17, 15) is 0 Å². The summed E-state index contributed by atoms with van der Waals surface area (Å²) in [4.78, 5) is 9.83. The highest BCUT2D eigenvalue weighted by atomic mass is 32.2. The Morgan fingerprint density at radius 2 is 1.77 bits per heavy atom. The number of amidine groups is 1. The third-order valence-electron chi connectivity index (χ3n) is 3.75. The number of fused-ring (bicyclic) bond motifs is 2. The Hall–Kier alpha value is -1.78. The van der Waals surface area contributed by atoms with Crippen molar-refractivity contribution in [1.29, 1.82) is 0 Å². The second-order valence-corrected chi connectivity index (χ2v) is 6.27. The van der Waals surface area contributed by atoms with E-state index in [0.29, 0.717) is 0 Å². The second kappa shape index (κ2) is 6.99. The zero-order chi connectivity index (χ0) is 15.4. The molecular weight excluding hydrogens is 290 g/mol. The second-order valence-electron chi connectivity index (χ2n) is 5.18. The first-order valence-corrected chi connectivity index (χ1v) is 8.49. The Kier molecular flexibility index (Phi) is 4.80. The van der Waals surface area contributed by atoms with Gasteiger partial charge in [-0.2, -0.15) is 0 Å². The Bertz CT molecular complexity index is 682. The van der Waals surface area contributed by atoms with Crippen molar-refractivity contribution in [1.82, 2.24) is 10.2 Å². The third-order valence-corrected chi connectivity index (χ3v) is 4.89. The van der Waals surface area contributed by atoms with Crippen LogP contribution in [0.25, 0.3) is 0 Å². The summed E-state index contributed by atoms with van der Waals surface area (Å²) in [6.07, 6.45) is 0. The van der Waals surface area contributed by atoms with Gasteiger partial charge in [0.1, 0.15) is 5.84 Å². The van der Waals surface area contributed by atoms with Crippen LogP contribution < -0.4 is 5.32 Å². The lowest BCUT2D eigenvalue weighted by Crippen LogP contribution is -2.36. The van der Waals surface area contributed by atoms with Gasteiger partial charge in [0.25, 0.3) is 0 Å². The van der Waals surface area contributed by atoms with Gasteiger partial charge in [-0.25, -0.2) is 4.99 Å². The van der Waals surface area contributed by atoms with Crippen LogP contribution in [0.3, 0.4) is 0 Å². The molecule has 0 saturated heterocycles. The summed E-state index contributed by atoms with van der Waals surface area (Å²) in [7, 11) is 1.99. The zero-order valence-corrected chi connectivity index (χ0v) is 13.9. The number of nitrogens with zero attached hydrogens (tertiary/aromatic N) is 2. The van der Waals surface area contributed by atoms with Gasteiger partial charge in [-0.15, -0.1) is 0 Å². The maximum Gasteiger partial charge on any atom is 0.137 e. The van der Waals surface area contributed by atoms with Gasteiger partial charge in [0.15, 0.2) is 0 Å². The van der Waals surface area contributed by atoms with Crippen LogP contribution in [0.5, 0.6) is 0 Å². The minimum absolute atomic E-state index is 0.946. The van der Waals surface area contributed by atoms with Crippen LogP contribution in [-0.4, -0.2) is 37.4 Å². The molecule has 0 radical (unpaired) electrons. The largest absolute Gasteiger partial charge is 0.355 e. The van der Waals surface area contributed by atoms with Gasteiger partial charge in [0, 0.05) is 35.0 Å². The highest BCUT2D eigenvalue weighted by molar-refractivity contribution is 7.99. The summed E-state index contributed by atoms with van der Waals surface area (Å²) in [5.41, 5.74) is 2.28. The fourth-order valence-electron chi connectivity index (χ4n) is 2.57. The fraction of sp³-hybridized carbons (Fsp3) is 0.278. The van der Waals surface area contributed by atoms with Gasteiger partial charge in [0.2, 0.25) is 0 Å². The van der Waals surface area contributed by atoms with Gasteiger partial charge in [0.05, 0.1) is 5.69 Å². The molecule has 3 nitrogen and oxygen atoms in total. The van der Waals surface area contributed by atoms with Crippen molar-refractivity contribution in [3.05, 3.63) is 54.1 Å².